The minimum absolute atomic E-state index is 0.00605. The van der Waals surface area contributed by atoms with Crippen molar-refractivity contribution in [2.45, 2.75) is 71.9 Å². The van der Waals surface area contributed by atoms with Crippen molar-refractivity contribution in [3.05, 3.63) is 26.6 Å². The Bertz CT molecular complexity index is 915. The van der Waals surface area contributed by atoms with Gasteiger partial charge in [0.1, 0.15) is 10.7 Å². The number of nitrogens with two attached hydrogens (primary N) is 1. The van der Waals surface area contributed by atoms with Crippen molar-refractivity contribution in [1.82, 2.24) is 14.9 Å². The van der Waals surface area contributed by atoms with Crippen LogP contribution in [-0.2, 0) is 13.0 Å². The van der Waals surface area contributed by atoms with Gasteiger partial charge < -0.3 is 11.1 Å². The lowest BCUT2D eigenvalue weighted by Crippen LogP contribution is -2.52. The van der Waals surface area contributed by atoms with Gasteiger partial charge in [-0.2, -0.15) is 0 Å². The largest absolute Gasteiger partial charge is 0.345 e. The molecular weight excluding hydrogens is 360 g/mol. The third-order valence-corrected chi connectivity index (χ3v) is 6.53. The number of nitrogens with zero attached hydrogens (tertiary/aromatic N) is 2. The maximum Gasteiger partial charge on any atom is 0.262 e. The van der Waals surface area contributed by atoms with Crippen molar-refractivity contribution in [1.29, 1.82) is 0 Å². The first-order valence-corrected chi connectivity index (χ1v) is 10.6. The van der Waals surface area contributed by atoms with Crippen molar-refractivity contribution < 1.29 is 4.79 Å². The van der Waals surface area contributed by atoms with Gasteiger partial charge in [-0.25, -0.2) is 4.98 Å². The lowest BCUT2D eigenvalue weighted by atomic mass is 9.90. The summed E-state index contributed by atoms with van der Waals surface area (Å²) in [5.74, 6) is 1.11. The highest BCUT2D eigenvalue weighted by atomic mass is 32.1. The molecule has 27 heavy (non-hydrogen) atoms. The fraction of sp³-hybridized carbons (Fsp3) is 0.650. The molecule has 3 rings (SSSR count). The minimum atomic E-state index is -0.465. The van der Waals surface area contributed by atoms with Gasteiger partial charge in [0.05, 0.1) is 15.8 Å². The predicted octanol–water partition coefficient (Wildman–Crippen LogP) is 2.99. The van der Waals surface area contributed by atoms with E-state index in [4.69, 9.17) is 10.7 Å². The Morgan fingerprint density at radius 1 is 1.37 bits per heavy atom. The zero-order valence-electron chi connectivity index (χ0n) is 16.7. The van der Waals surface area contributed by atoms with Crippen molar-refractivity contribution in [3.63, 3.8) is 0 Å². The quantitative estimate of drug-likeness (QED) is 0.821. The van der Waals surface area contributed by atoms with Crippen LogP contribution in [0.1, 0.15) is 67.5 Å². The number of rotatable bonds is 5. The van der Waals surface area contributed by atoms with Crippen molar-refractivity contribution in [3.8, 4) is 0 Å². The summed E-state index contributed by atoms with van der Waals surface area (Å²) in [6.45, 7) is 9.14. The molecule has 1 aliphatic heterocycles. The van der Waals surface area contributed by atoms with Gasteiger partial charge in [-0.15, -0.1) is 11.3 Å². The number of aryl methyl sites for hydroxylation is 2. The lowest BCUT2D eigenvalue weighted by molar-refractivity contribution is 0.0902. The molecule has 0 fully saturated rings. The lowest BCUT2D eigenvalue weighted by Gasteiger charge is -2.31. The summed E-state index contributed by atoms with van der Waals surface area (Å²) in [5.41, 5.74) is 6.20. The van der Waals surface area contributed by atoms with Crippen molar-refractivity contribution in [2.75, 3.05) is 6.54 Å². The third-order valence-electron chi connectivity index (χ3n) is 5.34. The van der Waals surface area contributed by atoms with Crippen LogP contribution < -0.4 is 16.6 Å². The minimum Gasteiger partial charge on any atom is -0.345 e. The topological polar surface area (TPSA) is 90.0 Å². The summed E-state index contributed by atoms with van der Waals surface area (Å²) in [6.07, 6.45) is 4.80. The van der Waals surface area contributed by atoms with E-state index in [2.05, 4.69) is 19.2 Å². The summed E-state index contributed by atoms with van der Waals surface area (Å²) in [4.78, 5) is 32.0. The van der Waals surface area contributed by atoms with Crippen LogP contribution in [0.15, 0.2) is 4.79 Å². The Morgan fingerprint density at radius 3 is 2.78 bits per heavy atom. The Kier molecular flexibility index (Phi) is 5.72. The van der Waals surface area contributed by atoms with E-state index in [9.17, 15) is 9.59 Å². The van der Waals surface area contributed by atoms with Gasteiger partial charge in [0.25, 0.3) is 11.5 Å². The van der Waals surface area contributed by atoms with Crippen molar-refractivity contribution >= 4 is 27.5 Å². The van der Waals surface area contributed by atoms with Crippen LogP contribution in [0.3, 0.4) is 0 Å². The number of amides is 1. The number of nitrogens with one attached hydrogen (secondary N) is 1. The molecule has 0 aromatic carbocycles. The van der Waals surface area contributed by atoms with E-state index in [1.165, 1.54) is 11.3 Å². The molecule has 0 bridgehead atoms. The van der Waals surface area contributed by atoms with Gasteiger partial charge in [-0.05, 0) is 44.6 Å². The molecule has 0 saturated carbocycles. The maximum absolute atomic E-state index is 13.0. The molecule has 148 valence electrons. The molecule has 6 nitrogen and oxygen atoms in total. The summed E-state index contributed by atoms with van der Waals surface area (Å²) < 4.78 is 1.81. The monoisotopic (exact) mass is 390 g/mol. The van der Waals surface area contributed by atoms with Gasteiger partial charge in [0, 0.05) is 19.5 Å². The highest BCUT2D eigenvalue weighted by Gasteiger charge is 2.29. The number of aromatic nitrogens is 2. The fourth-order valence-corrected chi connectivity index (χ4v) is 5.13. The van der Waals surface area contributed by atoms with Crippen LogP contribution in [0.2, 0.25) is 0 Å². The highest BCUT2D eigenvalue weighted by molar-refractivity contribution is 7.20. The van der Waals surface area contributed by atoms with E-state index < -0.39 is 5.54 Å². The van der Waals surface area contributed by atoms with Crippen molar-refractivity contribution in [2.24, 2.45) is 11.7 Å². The molecule has 3 heterocycles. The second-order valence-electron chi connectivity index (χ2n) is 8.35. The van der Waals surface area contributed by atoms with Crippen LogP contribution in [0.4, 0.5) is 0 Å². The van der Waals surface area contributed by atoms with E-state index in [1.807, 2.05) is 13.8 Å². The van der Waals surface area contributed by atoms with E-state index in [0.29, 0.717) is 34.1 Å². The molecule has 0 radical (unpaired) electrons. The molecule has 1 aliphatic rings. The summed E-state index contributed by atoms with van der Waals surface area (Å²) in [5, 5.41) is 3.69. The number of carbonyl (C=O) groups is 1. The zero-order chi connectivity index (χ0) is 19.8. The molecule has 0 aliphatic carbocycles. The summed E-state index contributed by atoms with van der Waals surface area (Å²) >= 11 is 1.32. The van der Waals surface area contributed by atoms with Gasteiger partial charge in [-0.3, -0.25) is 14.2 Å². The molecule has 1 amide bonds. The Labute approximate surface area is 164 Å². The van der Waals surface area contributed by atoms with Gasteiger partial charge in [-0.1, -0.05) is 20.3 Å². The fourth-order valence-electron chi connectivity index (χ4n) is 4.04. The highest BCUT2D eigenvalue weighted by Crippen LogP contribution is 2.29. The number of fused-ring (bicyclic) bond motifs is 2. The van der Waals surface area contributed by atoms with Crippen LogP contribution in [0.5, 0.6) is 0 Å². The molecule has 2 aromatic rings. The normalized spacial score (nSPS) is 16.8. The first-order chi connectivity index (χ1) is 12.8. The van der Waals surface area contributed by atoms with E-state index in [1.54, 1.807) is 4.57 Å². The molecule has 1 unspecified atom stereocenters. The van der Waals surface area contributed by atoms with E-state index in [-0.39, 0.29) is 11.5 Å². The SMILES string of the molecule is Cc1c(C(=O)NC(C)(CN)CC(C)C)sc2nc3n(c(=O)c12)CCCCC3. The van der Waals surface area contributed by atoms with Crippen LogP contribution in [0.25, 0.3) is 10.2 Å². The number of hydrogen-bond donors (Lipinski definition) is 2. The third kappa shape index (κ3) is 3.94. The first kappa shape index (κ1) is 20.0. The molecular formula is C20H30N4O2S. The average Bonchev–Trinajstić information content (AvgIpc) is 2.77. The maximum atomic E-state index is 13.0. The van der Waals surface area contributed by atoms with Gasteiger partial charge >= 0.3 is 0 Å². The second-order valence-corrected chi connectivity index (χ2v) is 9.35. The van der Waals surface area contributed by atoms with Crippen LogP contribution >= 0.6 is 11.3 Å². The van der Waals surface area contributed by atoms with Crippen LogP contribution in [-0.4, -0.2) is 27.5 Å². The Hall–Kier alpha value is -1.73. The molecule has 2 aromatic heterocycles. The van der Waals surface area contributed by atoms with E-state index in [0.717, 1.165) is 43.5 Å². The average molecular weight is 391 g/mol. The smallest absolute Gasteiger partial charge is 0.262 e. The molecule has 1 atom stereocenters. The molecule has 0 spiro atoms. The first-order valence-electron chi connectivity index (χ1n) is 9.81. The molecule has 0 saturated heterocycles. The molecule has 7 heteroatoms. The number of thiophene rings is 1. The Balaban J connectivity index is 2.01. The zero-order valence-corrected chi connectivity index (χ0v) is 17.5. The van der Waals surface area contributed by atoms with Gasteiger partial charge in [0.15, 0.2) is 0 Å². The number of hydrogen-bond acceptors (Lipinski definition) is 5. The standard InChI is InChI=1S/C20H30N4O2S/c1-12(2)10-20(4,11-21)23-17(25)16-13(3)15-18(27-16)22-14-8-6-5-7-9-24(14)19(15)26/h12H,5-11,21H2,1-4H3,(H,23,25). The Morgan fingerprint density at radius 2 is 2.11 bits per heavy atom. The molecule has 3 N–H and O–H groups in total. The summed E-state index contributed by atoms with van der Waals surface area (Å²) in [6, 6.07) is 0. The van der Waals surface area contributed by atoms with Gasteiger partial charge in [0.2, 0.25) is 0 Å². The predicted molar refractivity (Wildman–Crippen MR) is 111 cm³/mol. The number of carbonyl (C=O) groups excluding carboxylic acids is 1. The second kappa shape index (κ2) is 7.72. The van der Waals surface area contributed by atoms with E-state index >= 15 is 0 Å². The van der Waals surface area contributed by atoms with Crippen LogP contribution in [0, 0.1) is 12.8 Å². The summed E-state index contributed by atoms with van der Waals surface area (Å²) in [7, 11) is 0.